The van der Waals surface area contributed by atoms with E-state index in [-0.39, 0.29) is 5.97 Å². The second-order valence-corrected chi connectivity index (χ2v) is 5.60. The SMILES string of the molecule is Cc1ccc(-c2ccc(OC(=O)c3ccccc3)c(C)c2)cc1. The van der Waals surface area contributed by atoms with Crippen molar-refractivity contribution < 1.29 is 9.53 Å². The average molecular weight is 302 g/mol. The molecule has 3 rings (SSSR count). The molecular formula is C21H18O2. The molecule has 0 aliphatic carbocycles. The highest BCUT2D eigenvalue weighted by atomic mass is 16.5. The number of carbonyl (C=O) groups excluding carboxylic acids is 1. The van der Waals surface area contributed by atoms with Crippen LogP contribution < -0.4 is 4.74 Å². The van der Waals surface area contributed by atoms with Crippen molar-refractivity contribution in [3.05, 3.63) is 89.5 Å². The number of aryl methyl sites for hydroxylation is 2. The predicted octanol–water partition coefficient (Wildman–Crippen LogP) is 5.19. The lowest BCUT2D eigenvalue weighted by molar-refractivity contribution is 0.0733. The Labute approximate surface area is 136 Å². The van der Waals surface area contributed by atoms with Crippen LogP contribution in [-0.4, -0.2) is 5.97 Å². The van der Waals surface area contributed by atoms with Crippen LogP contribution in [0.15, 0.2) is 72.8 Å². The van der Waals surface area contributed by atoms with Gasteiger partial charge in [-0.1, -0.05) is 54.1 Å². The van der Waals surface area contributed by atoms with Crippen molar-refractivity contribution in [3.8, 4) is 16.9 Å². The minimum Gasteiger partial charge on any atom is -0.423 e. The fraction of sp³-hybridized carbons (Fsp3) is 0.0952. The highest BCUT2D eigenvalue weighted by Crippen LogP contribution is 2.27. The van der Waals surface area contributed by atoms with Crippen LogP contribution in [0.1, 0.15) is 21.5 Å². The molecule has 23 heavy (non-hydrogen) atoms. The molecule has 0 amide bonds. The van der Waals surface area contributed by atoms with Gasteiger partial charge in [0.25, 0.3) is 0 Å². The molecule has 3 aromatic carbocycles. The summed E-state index contributed by atoms with van der Waals surface area (Å²) in [5.74, 6) is 0.256. The van der Waals surface area contributed by atoms with Crippen LogP contribution in [0.4, 0.5) is 0 Å². The fourth-order valence-electron chi connectivity index (χ4n) is 2.42. The van der Waals surface area contributed by atoms with Gasteiger partial charge >= 0.3 is 5.97 Å². The molecule has 0 unspecified atom stereocenters. The van der Waals surface area contributed by atoms with Gasteiger partial charge in [-0.05, 0) is 54.8 Å². The molecule has 0 saturated heterocycles. The quantitative estimate of drug-likeness (QED) is 0.491. The van der Waals surface area contributed by atoms with Crippen LogP contribution in [0.2, 0.25) is 0 Å². The van der Waals surface area contributed by atoms with Crippen LogP contribution in [0.3, 0.4) is 0 Å². The van der Waals surface area contributed by atoms with E-state index < -0.39 is 0 Å². The minimum absolute atomic E-state index is 0.336. The number of hydrogen-bond donors (Lipinski definition) is 0. The Morgan fingerprint density at radius 1 is 0.783 bits per heavy atom. The van der Waals surface area contributed by atoms with Crippen molar-refractivity contribution in [2.75, 3.05) is 0 Å². The largest absolute Gasteiger partial charge is 0.423 e. The first kappa shape index (κ1) is 15.0. The Morgan fingerprint density at radius 2 is 1.43 bits per heavy atom. The van der Waals surface area contributed by atoms with Crippen LogP contribution in [0.25, 0.3) is 11.1 Å². The molecule has 0 atom stereocenters. The Hall–Kier alpha value is -2.87. The standard InChI is InChI=1S/C21H18O2/c1-15-8-10-17(11-9-15)19-12-13-20(16(2)14-19)23-21(22)18-6-4-3-5-7-18/h3-14H,1-2H3. The molecule has 0 N–H and O–H groups in total. The van der Waals surface area contributed by atoms with Crippen molar-refractivity contribution >= 4 is 5.97 Å². The van der Waals surface area contributed by atoms with Gasteiger partial charge < -0.3 is 4.74 Å². The molecule has 0 aliphatic heterocycles. The first-order chi connectivity index (χ1) is 11.1. The number of benzene rings is 3. The van der Waals surface area contributed by atoms with Crippen molar-refractivity contribution in [2.24, 2.45) is 0 Å². The summed E-state index contributed by atoms with van der Waals surface area (Å²) >= 11 is 0. The monoisotopic (exact) mass is 302 g/mol. The summed E-state index contributed by atoms with van der Waals surface area (Å²) in [7, 11) is 0. The predicted molar refractivity (Wildman–Crippen MR) is 92.8 cm³/mol. The lowest BCUT2D eigenvalue weighted by atomic mass is 10.0. The molecule has 0 aromatic heterocycles. The summed E-state index contributed by atoms with van der Waals surface area (Å²) in [6, 6.07) is 23.3. The molecule has 114 valence electrons. The van der Waals surface area contributed by atoms with Crippen molar-refractivity contribution in [2.45, 2.75) is 13.8 Å². The van der Waals surface area contributed by atoms with E-state index in [0.717, 1.165) is 16.7 Å². The zero-order valence-electron chi connectivity index (χ0n) is 13.2. The second kappa shape index (κ2) is 6.49. The first-order valence-electron chi connectivity index (χ1n) is 7.58. The lowest BCUT2D eigenvalue weighted by Gasteiger charge is -2.10. The summed E-state index contributed by atoms with van der Waals surface area (Å²) in [4.78, 5) is 12.1. The van der Waals surface area contributed by atoms with E-state index >= 15 is 0 Å². The molecule has 0 aliphatic rings. The maximum Gasteiger partial charge on any atom is 0.343 e. The molecule has 3 aromatic rings. The van der Waals surface area contributed by atoms with Gasteiger partial charge in [-0.15, -0.1) is 0 Å². The fourth-order valence-corrected chi connectivity index (χ4v) is 2.42. The van der Waals surface area contributed by atoms with E-state index in [1.807, 2.05) is 43.3 Å². The molecule has 0 fully saturated rings. The Morgan fingerprint density at radius 3 is 2.09 bits per heavy atom. The van der Waals surface area contributed by atoms with Gasteiger partial charge in [0.15, 0.2) is 0 Å². The third kappa shape index (κ3) is 3.49. The van der Waals surface area contributed by atoms with Crippen LogP contribution in [0, 0.1) is 13.8 Å². The summed E-state index contributed by atoms with van der Waals surface area (Å²) in [5.41, 5.74) is 4.99. The molecular weight excluding hydrogens is 284 g/mol. The van der Waals surface area contributed by atoms with Gasteiger partial charge in [0.1, 0.15) is 5.75 Å². The summed E-state index contributed by atoms with van der Waals surface area (Å²) in [5, 5.41) is 0. The summed E-state index contributed by atoms with van der Waals surface area (Å²) in [6.45, 7) is 4.02. The van der Waals surface area contributed by atoms with Crippen molar-refractivity contribution in [1.82, 2.24) is 0 Å². The zero-order valence-corrected chi connectivity index (χ0v) is 13.2. The third-order valence-corrected chi connectivity index (χ3v) is 3.77. The van der Waals surface area contributed by atoms with Gasteiger partial charge in [0.2, 0.25) is 0 Å². The number of rotatable bonds is 3. The van der Waals surface area contributed by atoms with E-state index in [1.165, 1.54) is 5.56 Å². The van der Waals surface area contributed by atoms with Gasteiger partial charge in [-0.25, -0.2) is 4.79 Å². The van der Waals surface area contributed by atoms with Gasteiger partial charge in [0, 0.05) is 0 Å². The number of carbonyl (C=O) groups is 1. The van der Waals surface area contributed by atoms with E-state index in [0.29, 0.717) is 11.3 Å². The molecule has 0 bridgehead atoms. The molecule has 2 nitrogen and oxygen atoms in total. The van der Waals surface area contributed by atoms with E-state index in [4.69, 9.17) is 4.74 Å². The first-order valence-corrected chi connectivity index (χ1v) is 7.58. The van der Waals surface area contributed by atoms with E-state index in [1.54, 1.807) is 12.1 Å². The van der Waals surface area contributed by atoms with Crippen LogP contribution >= 0.6 is 0 Å². The molecule has 0 heterocycles. The minimum atomic E-state index is -0.336. The maximum absolute atomic E-state index is 12.1. The lowest BCUT2D eigenvalue weighted by Crippen LogP contribution is -2.08. The van der Waals surface area contributed by atoms with E-state index in [9.17, 15) is 4.79 Å². The Balaban J connectivity index is 1.82. The number of esters is 1. The second-order valence-electron chi connectivity index (χ2n) is 5.60. The van der Waals surface area contributed by atoms with Gasteiger partial charge in [0.05, 0.1) is 5.56 Å². The normalized spacial score (nSPS) is 10.3. The van der Waals surface area contributed by atoms with Crippen LogP contribution in [-0.2, 0) is 0 Å². The van der Waals surface area contributed by atoms with E-state index in [2.05, 4.69) is 31.2 Å². The zero-order chi connectivity index (χ0) is 16.2. The summed E-state index contributed by atoms with van der Waals surface area (Å²) in [6.07, 6.45) is 0. The smallest absolute Gasteiger partial charge is 0.343 e. The van der Waals surface area contributed by atoms with Crippen LogP contribution in [0.5, 0.6) is 5.75 Å². The number of hydrogen-bond acceptors (Lipinski definition) is 2. The van der Waals surface area contributed by atoms with Crippen molar-refractivity contribution in [1.29, 1.82) is 0 Å². The molecule has 2 heteroatoms. The maximum atomic E-state index is 12.1. The number of ether oxygens (including phenoxy) is 1. The Bertz CT molecular complexity index is 818. The average Bonchev–Trinajstić information content (AvgIpc) is 2.58. The third-order valence-electron chi connectivity index (χ3n) is 3.77. The van der Waals surface area contributed by atoms with Gasteiger partial charge in [-0.2, -0.15) is 0 Å². The topological polar surface area (TPSA) is 26.3 Å². The molecule has 0 saturated carbocycles. The summed E-state index contributed by atoms with van der Waals surface area (Å²) < 4.78 is 5.50. The Kier molecular flexibility index (Phi) is 4.24. The van der Waals surface area contributed by atoms with Crippen molar-refractivity contribution in [3.63, 3.8) is 0 Å². The molecule has 0 spiro atoms. The molecule has 0 radical (unpaired) electrons. The van der Waals surface area contributed by atoms with Gasteiger partial charge in [-0.3, -0.25) is 0 Å². The highest BCUT2D eigenvalue weighted by Gasteiger charge is 2.10. The highest BCUT2D eigenvalue weighted by molar-refractivity contribution is 5.91.